The molecule has 1 unspecified atom stereocenters. The van der Waals surface area contributed by atoms with Gasteiger partial charge >= 0.3 is 0 Å². The van der Waals surface area contributed by atoms with Crippen LogP contribution in [0, 0.1) is 5.82 Å². The van der Waals surface area contributed by atoms with Crippen molar-refractivity contribution < 1.29 is 9.13 Å². The third kappa shape index (κ3) is 4.66. The Morgan fingerprint density at radius 3 is 1.96 bits per heavy atom. The Morgan fingerprint density at radius 1 is 0.893 bits per heavy atom. The van der Waals surface area contributed by atoms with E-state index < -0.39 is 5.60 Å². The van der Waals surface area contributed by atoms with Crippen molar-refractivity contribution in [3.05, 3.63) is 96.8 Å². The van der Waals surface area contributed by atoms with Gasteiger partial charge in [0.25, 0.3) is 0 Å². The van der Waals surface area contributed by atoms with Gasteiger partial charge in [0.1, 0.15) is 5.60 Å². The Kier molecular flexibility index (Phi) is 6.58. The van der Waals surface area contributed by atoms with Crippen molar-refractivity contribution in [1.29, 1.82) is 0 Å². The second kappa shape index (κ2) is 9.11. The van der Waals surface area contributed by atoms with Crippen molar-refractivity contribution in [2.45, 2.75) is 47.5 Å². The molecular formula is C25H26FOS+. The van der Waals surface area contributed by atoms with E-state index in [0.29, 0.717) is 5.75 Å². The molecule has 1 atom stereocenters. The van der Waals surface area contributed by atoms with Gasteiger partial charge in [-0.3, -0.25) is 0 Å². The van der Waals surface area contributed by atoms with Crippen molar-refractivity contribution in [3.63, 3.8) is 0 Å². The molecule has 3 aromatic rings. The van der Waals surface area contributed by atoms with E-state index in [1.165, 1.54) is 15.9 Å². The van der Waals surface area contributed by atoms with Crippen molar-refractivity contribution >= 4 is 10.9 Å². The zero-order chi connectivity index (χ0) is 20.0. The van der Waals surface area contributed by atoms with Gasteiger partial charge in [-0.15, -0.1) is 0 Å². The Balaban J connectivity index is 2.07. The summed E-state index contributed by atoms with van der Waals surface area (Å²) in [7, 11) is -0.332. The molecule has 3 heteroatoms. The fourth-order valence-corrected chi connectivity index (χ4v) is 5.14. The Labute approximate surface area is 170 Å². The number of benzene rings is 3. The number of ether oxygens (including phenoxy) is 1. The summed E-state index contributed by atoms with van der Waals surface area (Å²) in [4.78, 5) is 3.42. The first-order valence-electron chi connectivity index (χ1n) is 9.53. The van der Waals surface area contributed by atoms with E-state index in [0.717, 1.165) is 11.3 Å². The monoisotopic (exact) mass is 393 g/mol. The van der Waals surface area contributed by atoms with E-state index in [4.69, 9.17) is 4.74 Å². The lowest BCUT2D eigenvalue weighted by Crippen LogP contribution is -2.29. The molecule has 1 nitrogen and oxygen atoms in total. The molecule has 0 aliphatic carbocycles. The van der Waals surface area contributed by atoms with Gasteiger partial charge < -0.3 is 4.74 Å². The molecule has 3 rings (SSSR count). The van der Waals surface area contributed by atoms with Crippen LogP contribution in [0.4, 0.5) is 4.39 Å². The van der Waals surface area contributed by atoms with Crippen LogP contribution in [-0.2, 0) is 10.9 Å². The lowest BCUT2D eigenvalue weighted by atomic mass is 10.0. The average Bonchev–Trinajstić information content (AvgIpc) is 2.72. The average molecular weight is 394 g/mol. The molecule has 0 heterocycles. The van der Waals surface area contributed by atoms with Gasteiger partial charge in [-0.25, -0.2) is 4.39 Å². The first-order chi connectivity index (χ1) is 13.6. The van der Waals surface area contributed by atoms with Crippen LogP contribution in [0.1, 0.15) is 27.2 Å². The van der Waals surface area contributed by atoms with Crippen molar-refractivity contribution in [2.24, 2.45) is 0 Å². The van der Waals surface area contributed by atoms with Crippen LogP contribution < -0.4 is 4.74 Å². The molecule has 3 aromatic carbocycles. The standard InChI is InChI=1S/C25H26FOS/c1-4-18-25(3,5-2)27-24-19-22(16-17-23(24)26)28(20-12-8-6-9-13-20)21-14-10-7-11-15-21/h4,6-19H,5H2,1-3H3/q+1/b18-4-. The van der Waals surface area contributed by atoms with Crippen molar-refractivity contribution in [1.82, 2.24) is 0 Å². The summed E-state index contributed by atoms with van der Waals surface area (Å²) in [5.41, 5.74) is -0.535. The lowest BCUT2D eigenvalue weighted by Gasteiger charge is -2.26. The maximum absolute atomic E-state index is 14.6. The fraction of sp³-hybridized carbons (Fsp3) is 0.200. The van der Waals surface area contributed by atoms with Gasteiger partial charge in [0.15, 0.2) is 26.3 Å². The van der Waals surface area contributed by atoms with Gasteiger partial charge in [0.05, 0.1) is 10.9 Å². The van der Waals surface area contributed by atoms with Crippen molar-refractivity contribution in [2.75, 3.05) is 0 Å². The first kappa shape index (κ1) is 20.2. The highest BCUT2D eigenvalue weighted by Gasteiger charge is 2.30. The van der Waals surface area contributed by atoms with Crippen LogP contribution in [0.25, 0.3) is 0 Å². The maximum Gasteiger partial charge on any atom is 0.170 e. The lowest BCUT2D eigenvalue weighted by molar-refractivity contribution is 0.129. The zero-order valence-corrected chi connectivity index (χ0v) is 17.4. The Hall–Kier alpha value is -2.52. The van der Waals surface area contributed by atoms with E-state index in [1.807, 2.05) is 81.5 Å². The third-order valence-corrected chi connectivity index (χ3v) is 6.87. The molecule has 0 amide bonds. The number of rotatable bonds is 7. The summed E-state index contributed by atoms with van der Waals surface area (Å²) in [5.74, 6) is -0.0399. The molecule has 0 saturated carbocycles. The summed E-state index contributed by atoms with van der Waals surface area (Å²) >= 11 is 0. The summed E-state index contributed by atoms with van der Waals surface area (Å²) in [5, 5.41) is 0. The fourth-order valence-electron chi connectivity index (χ4n) is 3.04. The summed E-state index contributed by atoms with van der Waals surface area (Å²) in [6.07, 6.45) is 4.68. The molecule has 0 bridgehead atoms. The topological polar surface area (TPSA) is 9.23 Å². The van der Waals surface area contributed by atoms with E-state index in [1.54, 1.807) is 0 Å². The maximum atomic E-state index is 14.6. The summed E-state index contributed by atoms with van der Waals surface area (Å²) in [6.45, 7) is 5.97. The molecule has 0 radical (unpaired) electrons. The molecule has 0 N–H and O–H groups in total. The van der Waals surface area contributed by atoms with Crippen LogP contribution in [0.15, 0.2) is 106 Å². The predicted octanol–water partition coefficient (Wildman–Crippen LogP) is 7.04. The molecular weight excluding hydrogens is 367 g/mol. The molecule has 0 spiro atoms. The molecule has 0 fully saturated rings. The van der Waals surface area contributed by atoms with E-state index in [2.05, 4.69) is 24.3 Å². The summed E-state index contributed by atoms with van der Waals surface area (Å²) < 4.78 is 20.7. The smallest absolute Gasteiger partial charge is 0.170 e. The number of halogens is 1. The second-order valence-corrected chi connectivity index (χ2v) is 8.82. The Bertz CT molecular complexity index is 884. The number of allylic oxidation sites excluding steroid dienone is 1. The normalized spacial score (nSPS) is 13.6. The first-order valence-corrected chi connectivity index (χ1v) is 10.8. The largest absolute Gasteiger partial charge is 0.480 e. The quantitative estimate of drug-likeness (QED) is 0.309. The summed E-state index contributed by atoms with van der Waals surface area (Å²) in [6, 6.07) is 25.9. The molecule has 0 saturated heterocycles. The molecule has 0 aliphatic heterocycles. The van der Waals surface area contributed by atoms with Crippen LogP contribution in [0.3, 0.4) is 0 Å². The SMILES string of the molecule is C/C=C\C(C)(CC)Oc1cc([S+](c2ccccc2)c2ccccc2)ccc1F. The highest BCUT2D eigenvalue weighted by molar-refractivity contribution is 7.97. The minimum absolute atomic E-state index is 0.296. The molecule has 0 aliphatic rings. The van der Waals surface area contributed by atoms with Crippen LogP contribution >= 0.6 is 0 Å². The number of hydrogen-bond donors (Lipinski definition) is 0. The zero-order valence-electron chi connectivity index (χ0n) is 16.6. The van der Waals surface area contributed by atoms with E-state index in [9.17, 15) is 4.39 Å². The third-order valence-electron chi connectivity index (χ3n) is 4.66. The van der Waals surface area contributed by atoms with E-state index in [-0.39, 0.29) is 16.7 Å². The second-order valence-electron chi connectivity index (χ2n) is 6.79. The Morgan fingerprint density at radius 2 is 1.46 bits per heavy atom. The van der Waals surface area contributed by atoms with E-state index >= 15 is 0 Å². The minimum atomic E-state index is -0.535. The highest BCUT2D eigenvalue weighted by atomic mass is 32.2. The minimum Gasteiger partial charge on any atom is -0.480 e. The van der Waals surface area contributed by atoms with Crippen LogP contribution in [0.5, 0.6) is 5.75 Å². The van der Waals surface area contributed by atoms with Gasteiger partial charge in [0.2, 0.25) is 0 Å². The van der Waals surface area contributed by atoms with Gasteiger partial charge in [-0.1, -0.05) is 49.4 Å². The molecule has 0 aromatic heterocycles. The van der Waals surface area contributed by atoms with Gasteiger partial charge in [-0.2, -0.15) is 0 Å². The van der Waals surface area contributed by atoms with Crippen molar-refractivity contribution in [3.8, 4) is 5.75 Å². The number of hydrogen-bond acceptors (Lipinski definition) is 1. The van der Waals surface area contributed by atoms with Crippen LogP contribution in [-0.4, -0.2) is 5.60 Å². The highest BCUT2D eigenvalue weighted by Crippen LogP contribution is 2.35. The predicted molar refractivity (Wildman–Crippen MR) is 116 cm³/mol. The molecule has 28 heavy (non-hydrogen) atoms. The van der Waals surface area contributed by atoms with Gasteiger partial charge in [0, 0.05) is 6.07 Å². The molecule has 144 valence electrons. The van der Waals surface area contributed by atoms with Crippen LogP contribution in [0.2, 0.25) is 0 Å². The van der Waals surface area contributed by atoms with Gasteiger partial charge in [-0.05, 0) is 62.7 Å².